The van der Waals surface area contributed by atoms with Crippen molar-refractivity contribution in [3.8, 4) is 0 Å². The van der Waals surface area contributed by atoms with Crippen molar-refractivity contribution in [3.63, 3.8) is 0 Å². The van der Waals surface area contributed by atoms with Crippen LogP contribution in [-0.2, 0) is 6.18 Å². The van der Waals surface area contributed by atoms with Gasteiger partial charge in [-0.05, 0) is 55.1 Å². The zero-order chi connectivity index (χ0) is 21.5. The first-order valence-corrected chi connectivity index (χ1v) is 11.1. The molecule has 2 atom stereocenters. The van der Waals surface area contributed by atoms with E-state index in [0.29, 0.717) is 11.2 Å². The van der Waals surface area contributed by atoms with Gasteiger partial charge in [0.15, 0.2) is 11.5 Å². The largest absolute Gasteiger partial charge is 0.434 e. The van der Waals surface area contributed by atoms with Crippen LogP contribution in [0.1, 0.15) is 45.2 Å². The molecule has 2 fully saturated rings. The van der Waals surface area contributed by atoms with Crippen molar-refractivity contribution < 1.29 is 13.2 Å². The third-order valence-corrected chi connectivity index (χ3v) is 7.69. The Balaban J connectivity index is 1.48. The lowest BCUT2D eigenvalue weighted by atomic mass is 9.71. The van der Waals surface area contributed by atoms with Gasteiger partial charge in [0.25, 0.3) is 0 Å². The van der Waals surface area contributed by atoms with Gasteiger partial charge in [0.1, 0.15) is 10.8 Å². The fraction of sp³-hybridized carbons (Fsp3) is 0.571. The molecule has 2 aromatic rings. The molecule has 9 heteroatoms. The van der Waals surface area contributed by atoms with E-state index < -0.39 is 11.9 Å². The molecule has 1 aliphatic heterocycles. The maximum Gasteiger partial charge on any atom is 0.434 e. The number of piperidine rings is 1. The van der Waals surface area contributed by atoms with E-state index in [2.05, 4.69) is 33.7 Å². The molecule has 30 heavy (non-hydrogen) atoms. The Morgan fingerprint density at radius 1 is 1.20 bits per heavy atom. The summed E-state index contributed by atoms with van der Waals surface area (Å²) < 4.78 is 39.6. The van der Waals surface area contributed by atoms with E-state index in [-0.39, 0.29) is 15.7 Å². The van der Waals surface area contributed by atoms with Gasteiger partial charge < -0.3 is 10.6 Å². The van der Waals surface area contributed by atoms with Crippen LogP contribution in [0.25, 0.3) is 0 Å². The fourth-order valence-electron chi connectivity index (χ4n) is 5.11. The van der Waals surface area contributed by atoms with Crippen molar-refractivity contribution >= 4 is 23.4 Å². The van der Waals surface area contributed by atoms with E-state index in [4.69, 9.17) is 5.73 Å². The minimum absolute atomic E-state index is 0.0389. The molecule has 2 aromatic heterocycles. The summed E-state index contributed by atoms with van der Waals surface area (Å²) >= 11 is 0.839. The second kappa shape index (κ2) is 7.90. The summed E-state index contributed by atoms with van der Waals surface area (Å²) in [4.78, 5) is 14.4. The molecule has 2 aliphatic rings. The zero-order valence-corrected chi connectivity index (χ0v) is 17.9. The topological polar surface area (TPSA) is 67.9 Å². The van der Waals surface area contributed by atoms with Gasteiger partial charge in [0.2, 0.25) is 0 Å². The standard InChI is InChI=1S/C21H26F3N5S/c1-13-10-14(2)20(11-13)5-8-29(9-6-20)16-12-27-19(18(25)28-16)30-15-4-3-7-26-17(15)21(22,23)24/h3-4,7,12-14H,5-6,8-11H2,1-2H3,(H2,25,28). The van der Waals surface area contributed by atoms with Crippen LogP contribution in [0.3, 0.4) is 0 Å². The maximum absolute atomic E-state index is 13.2. The molecule has 1 aliphatic carbocycles. The van der Waals surface area contributed by atoms with Crippen LogP contribution in [0.4, 0.5) is 24.8 Å². The van der Waals surface area contributed by atoms with Gasteiger partial charge in [-0.15, -0.1) is 0 Å². The molecule has 1 saturated heterocycles. The fourth-order valence-corrected chi connectivity index (χ4v) is 5.99. The highest BCUT2D eigenvalue weighted by Gasteiger charge is 2.45. The van der Waals surface area contributed by atoms with Crippen LogP contribution < -0.4 is 10.6 Å². The average Bonchev–Trinajstić information content (AvgIpc) is 2.96. The number of halogens is 3. The highest BCUT2D eigenvalue weighted by atomic mass is 32.2. The number of alkyl halides is 3. The second-order valence-corrected chi connectivity index (χ2v) is 9.69. The molecule has 1 spiro atoms. The van der Waals surface area contributed by atoms with E-state index >= 15 is 0 Å². The van der Waals surface area contributed by atoms with Crippen molar-refractivity contribution in [2.24, 2.45) is 17.3 Å². The zero-order valence-electron chi connectivity index (χ0n) is 17.1. The Kier molecular flexibility index (Phi) is 5.59. The highest BCUT2D eigenvalue weighted by Crippen LogP contribution is 2.52. The van der Waals surface area contributed by atoms with Crippen molar-refractivity contribution in [3.05, 3.63) is 30.2 Å². The third kappa shape index (κ3) is 4.08. The molecule has 3 heterocycles. The molecule has 1 saturated carbocycles. The molecule has 162 valence electrons. The Hall–Kier alpha value is -2.03. The average molecular weight is 438 g/mol. The molecular formula is C21H26F3N5S. The van der Waals surface area contributed by atoms with Gasteiger partial charge in [-0.2, -0.15) is 13.2 Å². The molecular weight excluding hydrogens is 411 g/mol. The first kappa shape index (κ1) is 21.2. The van der Waals surface area contributed by atoms with E-state index in [1.165, 1.54) is 25.0 Å². The normalized spacial score (nSPS) is 23.8. The number of rotatable bonds is 3. The molecule has 0 radical (unpaired) electrons. The van der Waals surface area contributed by atoms with Crippen molar-refractivity contribution in [1.82, 2.24) is 15.0 Å². The minimum atomic E-state index is -4.54. The predicted octanol–water partition coefficient (Wildman–Crippen LogP) is 5.28. The Bertz CT molecular complexity index is 912. The Morgan fingerprint density at radius 2 is 1.93 bits per heavy atom. The van der Waals surface area contributed by atoms with Crippen LogP contribution >= 0.6 is 11.8 Å². The van der Waals surface area contributed by atoms with Crippen LogP contribution in [0, 0.1) is 17.3 Å². The van der Waals surface area contributed by atoms with Crippen LogP contribution in [-0.4, -0.2) is 28.0 Å². The van der Waals surface area contributed by atoms with E-state index in [1.54, 1.807) is 6.20 Å². The number of hydrogen-bond donors (Lipinski definition) is 1. The first-order chi connectivity index (χ1) is 14.2. The molecule has 2 N–H and O–H groups in total. The van der Waals surface area contributed by atoms with Gasteiger partial charge >= 0.3 is 6.18 Å². The predicted molar refractivity (Wildman–Crippen MR) is 111 cm³/mol. The Labute approximate surface area is 178 Å². The monoisotopic (exact) mass is 437 g/mol. The van der Waals surface area contributed by atoms with Gasteiger partial charge in [-0.25, -0.2) is 9.97 Å². The molecule has 0 bridgehead atoms. The van der Waals surface area contributed by atoms with Crippen LogP contribution in [0.15, 0.2) is 34.4 Å². The number of anilines is 2. The van der Waals surface area contributed by atoms with Gasteiger partial charge in [0, 0.05) is 24.2 Å². The number of nitrogen functional groups attached to an aromatic ring is 1. The van der Waals surface area contributed by atoms with Crippen molar-refractivity contribution in [2.45, 2.75) is 55.6 Å². The summed E-state index contributed by atoms with van der Waals surface area (Å²) in [6, 6.07) is 2.83. The first-order valence-electron chi connectivity index (χ1n) is 10.3. The van der Waals surface area contributed by atoms with Crippen LogP contribution in [0.2, 0.25) is 0 Å². The number of pyridine rings is 1. The van der Waals surface area contributed by atoms with Crippen LogP contribution in [0.5, 0.6) is 0 Å². The van der Waals surface area contributed by atoms with Gasteiger partial charge in [-0.1, -0.05) is 25.6 Å². The third-order valence-electron chi connectivity index (χ3n) is 6.64. The lowest BCUT2D eigenvalue weighted by Gasteiger charge is -2.42. The van der Waals surface area contributed by atoms with Gasteiger partial charge in [0.05, 0.1) is 6.20 Å². The summed E-state index contributed by atoms with van der Waals surface area (Å²) in [6.45, 7) is 6.51. The number of hydrogen-bond acceptors (Lipinski definition) is 6. The summed E-state index contributed by atoms with van der Waals surface area (Å²) in [5.41, 5.74) is 5.55. The van der Waals surface area contributed by atoms with Crippen molar-refractivity contribution in [1.29, 1.82) is 0 Å². The molecule has 5 nitrogen and oxygen atoms in total. The van der Waals surface area contributed by atoms with Gasteiger partial charge in [-0.3, -0.25) is 4.98 Å². The summed E-state index contributed by atoms with van der Waals surface area (Å²) in [5.74, 6) is 2.35. The van der Waals surface area contributed by atoms with Crippen molar-refractivity contribution in [2.75, 3.05) is 23.7 Å². The quantitative estimate of drug-likeness (QED) is 0.705. The lowest BCUT2D eigenvalue weighted by Crippen LogP contribution is -2.42. The van der Waals surface area contributed by atoms with E-state index in [1.807, 2.05) is 0 Å². The Morgan fingerprint density at radius 3 is 2.53 bits per heavy atom. The summed E-state index contributed by atoms with van der Waals surface area (Å²) in [7, 11) is 0. The second-order valence-electron chi connectivity index (χ2n) is 8.66. The molecule has 2 unspecified atom stereocenters. The number of nitrogens with two attached hydrogens (primary N) is 1. The van der Waals surface area contributed by atoms with E-state index in [9.17, 15) is 13.2 Å². The smallest absolute Gasteiger partial charge is 0.381 e. The number of nitrogens with zero attached hydrogens (tertiary/aromatic N) is 4. The number of aromatic nitrogens is 3. The highest BCUT2D eigenvalue weighted by molar-refractivity contribution is 7.99. The summed E-state index contributed by atoms with van der Waals surface area (Å²) in [6.07, 6.45) is 3.04. The minimum Gasteiger partial charge on any atom is -0.381 e. The summed E-state index contributed by atoms with van der Waals surface area (Å²) in [5, 5.41) is 0.254. The molecule has 0 amide bonds. The molecule has 4 rings (SSSR count). The van der Waals surface area contributed by atoms with E-state index in [0.717, 1.165) is 55.7 Å². The molecule has 0 aromatic carbocycles. The lowest BCUT2D eigenvalue weighted by molar-refractivity contribution is -0.143. The maximum atomic E-state index is 13.2. The SMILES string of the molecule is CC1CC(C)C2(CCN(c3cnc(Sc4cccnc4C(F)(F)F)c(N)n3)CC2)C1.